The minimum absolute atomic E-state index is 0.0177. The second-order valence-electron chi connectivity index (χ2n) is 5.78. The van der Waals surface area contributed by atoms with E-state index < -0.39 is 21.7 Å². The van der Waals surface area contributed by atoms with E-state index in [1.807, 2.05) is 0 Å². The zero-order valence-electron chi connectivity index (χ0n) is 14.8. The molecule has 3 aromatic rings. The Balaban J connectivity index is 1.79. The summed E-state index contributed by atoms with van der Waals surface area (Å²) in [5, 5.41) is 15.4. The maximum absolute atomic E-state index is 12.6. The summed E-state index contributed by atoms with van der Waals surface area (Å²) in [7, 11) is -2.69. The predicted octanol–water partition coefficient (Wildman–Crippen LogP) is 2.73. The summed E-state index contributed by atoms with van der Waals surface area (Å²) in [6.07, 6.45) is 0.753. The molecule has 3 N–H and O–H groups in total. The highest BCUT2D eigenvalue weighted by atomic mass is 32.2. The number of furan rings is 1. The second kappa shape index (κ2) is 8.15. The average molecular weight is 422 g/mol. The number of methoxy groups -OCH3 is 1. The molecule has 0 bridgehead atoms. The van der Waals surface area contributed by atoms with Gasteiger partial charge in [-0.1, -0.05) is 6.07 Å². The molecule has 0 saturated carbocycles. The van der Waals surface area contributed by atoms with Gasteiger partial charge in [-0.3, -0.25) is 5.32 Å². The fourth-order valence-electron chi connectivity index (χ4n) is 2.49. The van der Waals surface area contributed by atoms with Crippen molar-refractivity contribution >= 4 is 33.1 Å². The molecule has 0 spiro atoms. The molecule has 148 valence electrons. The van der Waals surface area contributed by atoms with Gasteiger partial charge >= 0.3 is 6.09 Å². The zero-order chi connectivity index (χ0) is 20.2. The van der Waals surface area contributed by atoms with E-state index in [2.05, 4.69) is 14.8 Å². The molecular formula is C18H18N2O6S2. The van der Waals surface area contributed by atoms with E-state index in [0.717, 1.165) is 0 Å². The number of hydrogen-bond donors (Lipinski definition) is 3. The van der Waals surface area contributed by atoms with Crippen LogP contribution in [-0.2, 0) is 20.4 Å². The number of amides is 1. The van der Waals surface area contributed by atoms with Crippen molar-refractivity contribution in [2.24, 2.45) is 0 Å². The summed E-state index contributed by atoms with van der Waals surface area (Å²) in [6, 6.07) is 12.2. The molecule has 28 heavy (non-hydrogen) atoms. The minimum Gasteiger partial charge on any atom is -0.466 e. The summed E-state index contributed by atoms with van der Waals surface area (Å²) in [4.78, 5) is 11.7. The van der Waals surface area contributed by atoms with Crippen molar-refractivity contribution in [3.63, 3.8) is 0 Å². The van der Waals surface area contributed by atoms with Crippen LogP contribution in [0.5, 0.6) is 0 Å². The molecular weight excluding hydrogens is 404 g/mol. The van der Waals surface area contributed by atoms with Crippen LogP contribution in [0.15, 0.2) is 69.5 Å². The Morgan fingerprint density at radius 3 is 2.54 bits per heavy atom. The monoisotopic (exact) mass is 422 g/mol. The van der Waals surface area contributed by atoms with Crippen LogP contribution < -0.4 is 10.0 Å². The number of benzene rings is 1. The number of nitrogens with one attached hydrogen (secondary N) is 2. The Morgan fingerprint density at radius 1 is 1.21 bits per heavy atom. The Hall–Kier alpha value is -2.66. The largest absolute Gasteiger partial charge is 0.466 e. The van der Waals surface area contributed by atoms with Gasteiger partial charge in [0.15, 0.2) is 5.60 Å². The van der Waals surface area contributed by atoms with Crippen LogP contribution in [0.3, 0.4) is 0 Å². The van der Waals surface area contributed by atoms with Crippen LogP contribution in [0, 0.1) is 0 Å². The molecule has 0 saturated heterocycles. The second-order valence-corrected chi connectivity index (χ2v) is 8.50. The molecule has 0 radical (unpaired) electrons. The highest BCUT2D eigenvalue weighted by molar-refractivity contribution is 7.89. The van der Waals surface area contributed by atoms with Gasteiger partial charge in [0.1, 0.15) is 5.76 Å². The number of carbonyl (C=O) groups is 1. The molecule has 0 unspecified atom stereocenters. The van der Waals surface area contributed by atoms with Gasteiger partial charge in [0.25, 0.3) is 0 Å². The molecule has 1 amide bonds. The van der Waals surface area contributed by atoms with E-state index in [1.165, 1.54) is 49.0 Å². The van der Waals surface area contributed by atoms with Crippen LogP contribution in [0.25, 0.3) is 0 Å². The Morgan fingerprint density at radius 2 is 1.96 bits per heavy atom. The maximum atomic E-state index is 12.6. The summed E-state index contributed by atoms with van der Waals surface area (Å²) in [5.41, 5.74) is -1.26. The number of hydrogen-bond acceptors (Lipinski definition) is 7. The molecule has 0 aliphatic rings. The van der Waals surface area contributed by atoms with Crippen molar-refractivity contribution in [2.45, 2.75) is 10.5 Å². The molecule has 8 nitrogen and oxygen atoms in total. The molecule has 3 rings (SSSR count). The van der Waals surface area contributed by atoms with E-state index in [1.54, 1.807) is 29.6 Å². The van der Waals surface area contributed by atoms with Crippen LogP contribution in [0.1, 0.15) is 10.6 Å². The highest BCUT2D eigenvalue weighted by Gasteiger charge is 2.37. The summed E-state index contributed by atoms with van der Waals surface area (Å²) in [5.74, 6) is 0.232. The van der Waals surface area contributed by atoms with Crippen molar-refractivity contribution in [1.29, 1.82) is 0 Å². The number of ether oxygens (including phenoxy) is 1. The van der Waals surface area contributed by atoms with Crippen molar-refractivity contribution in [1.82, 2.24) is 4.72 Å². The SMILES string of the molecule is COC(=O)Nc1ccc(S(=O)(=O)NC[C@@](O)(c2ccco2)c2cccs2)cc1. The van der Waals surface area contributed by atoms with Crippen LogP contribution in [-0.4, -0.2) is 33.3 Å². The predicted molar refractivity (Wildman–Crippen MR) is 104 cm³/mol. The lowest BCUT2D eigenvalue weighted by molar-refractivity contribution is 0.0655. The van der Waals surface area contributed by atoms with E-state index in [4.69, 9.17) is 4.42 Å². The third-order valence-corrected chi connectivity index (χ3v) is 6.41. The lowest BCUT2D eigenvalue weighted by Crippen LogP contribution is -2.40. The van der Waals surface area contributed by atoms with Gasteiger partial charge < -0.3 is 14.3 Å². The first kappa shape index (κ1) is 20.1. The lowest BCUT2D eigenvalue weighted by Gasteiger charge is -2.25. The van der Waals surface area contributed by atoms with Crippen LogP contribution in [0.2, 0.25) is 0 Å². The third kappa shape index (κ3) is 4.25. The molecule has 10 heteroatoms. The lowest BCUT2D eigenvalue weighted by atomic mass is 9.99. The van der Waals surface area contributed by atoms with Gasteiger partial charge in [0, 0.05) is 10.6 Å². The van der Waals surface area contributed by atoms with Crippen molar-refractivity contribution in [3.05, 3.63) is 70.8 Å². The van der Waals surface area contributed by atoms with Gasteiger partial charge in [-0.25, -0.2) is 17.9 Å². The first-order valence-corrected chi connectivity index (χ1v) is 10.5. The van der Waals surface area contributed by atoms with Crippen LogP contribution in [0.4, 0.5) is 10.5 Å². The molecule has 0 aliphatic carbocycles. The third-order valence-electron chi connectivity index (χ3n) is 3.97. The van der Waals surface area contributed by atoms with E-state index in [9.17, 15) is 18.3 Å². The minimum atomic E-state index is -3.92. The molecule has 2 aromatic heterocycles. The molecule has 2 heterocycles. The van der Waals surface area contributed by atoms with E-state index in [-0.39, 0.29) is 17.2 Å². The number of sulfonamides is 1. The zero-order valence-corrected chi connectivity index (χ0v) is 16.4. The quantitative estimate of drug-likeness (QED) is 0.539. The van der Waals surface area contributed by atoms with E-state index in [0.29, 0.717) is 10.6 Å². The normalized spacial score (nSPS) is 13.6. The Labute approximate surface area is 165 Å². The average Bonchev–Trinajstić information content (AvgIpc) is 3.41. The number of anilines is 1. The number of thiophene rings is 1. The number of aliphatic hydroxyl groups is 1. The molecule has 0 fully saturated rings. The Kier molecular flexibility index (Phi) is 5.84. The smallest absolute Gasteiger partial charge is 0.411 e. The number of carbonyl (C=O) groups excluding carboxylic acids is 1. The van der Waals surface area contributed by atoms with Crippen LogP contribution >= 0.6 is 11.3 Å². The van der Waals surface area contributed by atoms with Gasteiger partial charge in [0.05, 0.1) is 24.8 Å². The van der Waals surface area contributed by atoms with Gasteiger partial charge in [-0.2, -0.15) is 0 Å². The fraction of sp³-hybridized carbons (Fsp3) is 0.167. The first-order valence-electron chi connectivity index (χ1n) is 8.10. The maximum Gasteiger partial charge on any atom is 0.411 e. The summed E-state index contributed by atoms with van der Waals surface area (Å²) >= 11 is 1.29. The van der Waals surface area contributed by atoms with Gasteiger partial charge in [-0.05, 0) is 47.8 Å². The van der Waals surface area contributed by atoms with E-state index >= 15 is 0 Å². The number of rotatable bonds is 7. The fourth-order valence-corrected chi connectivity index (χ4v) is 4.38. The topological polar surface area (TPSA) is 118 Å². The Bertz CT molecular complexity index is 978. The summed E-state index contributed by atoms with van der Waals surface area (Å²) in [6.45, 7) is -0.314. The van der Waals surface area contributed by atoms with Gasteiger partial charge in [-0.15, -0.1) is 11.3 Å². The first-order chi connectivity index (χ1) is 13.3. The van der Waals surface area contributed by atoms with Crippen molar-refractivity contribution in [2.75, 3.05) is 19.0 Å². The summed E-state index contributed by atoms with van der Waals surface area (Å²) < 4.78 is 37.5. The highest BCUT2D eigenvalue weighted by Crippen LogP contribution is 2.33. The standard InChI is InChI=1S/C18H18N2O6S2/c1-25-17(21)20-13-6-8-14(9-7-13)28(23,24)19-12-18(22,15-4-2-10-26-15)16-5-3-11-27-16/h2-11,19,22H,12H2,1H3,(H,20,21)/t18-/m1/s1. The molecule has 1 aromatic carbocycles. The molecule has 1 atom stereocenters. The van der Waals surface area contributed by atoms with Gasteiger partial charge in [0.2, 0.25) is 10.0 Å². The van der Waals surface area contributed by atoms with Crippen molar-refractivity contribution < 1.29 is 27.5 Å². The van der Waals surface area contributed by atoms with Crippen molar-refractivity contribution in [3.8, 4) is 0 Å². The molecule has 0 aliphatic heterocycles.